The van der Waals surface area contributed by atoms with Gasteiger partial charge in [0.2, 0.25) is 5.91 Å². The molecule has 0 atom stereocenters. The van der Waals surface area contributed by atoms with Gasteiger partial charge in [-0.25, -0.2) is 0 Å². The summed E-state index contributed by atoms with van der Waals surface area (Å²) in [5, 5.41) is 26.1. The van der Waals surface area contributed by atoms with Crippen LogP contribution in [0.5, 0.6) is 5.75 Å². The van der Waals surface area contributed by atoms with Crippen molar-refractivity contribution in [3.05, 3.63) is 29.8 Å². The van der Waals surface area contributed by atoms with Gasteiger partial charge in [-0.15, -0.1) is 5.10 Å². The van der Waals surface area contributed by atoms with Crippen LogP contribution in [0.15, 0.2) is 34.5 Å². The van der Waals surface area contributed by atoms with E-state index < -0.39 is 12.5 Å². The second-order valence-corrected chi connectivity index (χ2v) is 4.79. The number of hydrogen-bond acceptors (Lipinski definition) is 6. The van der Waals surface area contributed by atoms with E-state index in [0.717, 1.165) is 16.7 Å². The minimum Gasteiger partial charge on any atom is -0.507 e. The Morgan fingerprint density at radius 1 is 1.45 bits per heavy atom. The molecule has 1 fully saturated rings. The van der Waals surface area contributed by atoms with Crippen LogP contribution in [0.1, 0.15) is 5.56 Å². The number of rotatable bonds is 4. The van der Waals surface area contributed by atoms with E-state index in [-0.39, 0.29) is 22.6 Å². The molecule has 7 nitrogen and oxygen atoms in total. The number of benzene rings is 1. The summed E-state index contributed by atoms with van der Waals surface area (Å²) in [6.45, 7) is -0.434. The molecule has 2 rings (SSSR count). The molecule has 1 aromatic carbocycles. The van der Waals surface area contributed by atoms with E-state index in [1.54, 1.807) is 18.2 Å². The fourth-order valence-corrected chi connectivity index (χ4v) is 2.34. The summed E-state index contributed by atoms with van der Waals surface area (Å²) in [4.78, 5) is 23.2. The van der Waals surface area contributed by atoms with Gasteiger partial charge in [0.15, 0.2) is 5.17 Å². The van der Waals surface area contributed by atoms with Crippen LogP contribution < -0.4 is 0 Å². The van der Waals surface area contributed by atoms with Crippen molar-refractivity contribution in [2.45, 2.75) is 0 Å². The summed E-state index contributed by atoms with van der Waals surface area (Å²) < 4.78 is 0. The molecule has 1 aromatic rings. The molecule has 0 saturated carbocycles. The number of carbonyl (C=O) groups excluding carboxylic acids is 1. The lowest BCUT2D eigenvalue weighted by atomic mass is 10.2. The van der Waals surface area contributed by atoms with Crippen LogP contribution in [-0.4, -0.2) is 50.7 Å². The van der Waals surface area contributed by atoms with E-state index >= 15 is 0 Å². The van der Waals surface area contributed by atoms with Crippen LogP contribution >= 0.6 is 11.8 Å². The molecule has 0 radical (unpaired) electrons. The number of amides is 1. The SMILES string of the molecule is O=C(O)CN1C(=O)CSC1=NN=Cc1ccccc1O. The average molecular weight is 293 g/mol. The molecule has 0 aromatic heterocycles. The smallest absolute Gasteiger partial charge is 0.323 e. The van der Waals surface area contributed by atoms with E-state index in [2.05, 4.69) is 10.2 Å². The van der Waals surface area contributed by atoms with Crippen LogP contribution in [0, 0.1) is 0 Å². The first-order valence-electron chi connectivity index (χ1n) is 5.62. The second-order valence-electron chi connectivity index (χ2n) is 3.85. The fraction of sp³-hybridized carbons (Fsp3) is 0.167. The summed E-state index contributed by atoms with van der Waals surface area (Å²) in [6, 6.07) is 6.58. The number of amidine groups is 1. The Labute approximate surface area is 118 Å². The molecular weight excluding hydrogens is 282 g/mol. The van der Waals surface area contributed by atoms with Crippen LogP contribution in [0.4, 0.5) is 0 Å². The minimum absolute atomic E-state index is 0.0639. The lowest BCUT2D eigenvalue weighted by Gasteiger charge is -2.11. The number of carboxylic acids is 1. The predicted octanol–water partition coefficient (Wildman–Crippen LogP) is 0.742. The van der Waals surface area contributed by atoms with E-state index in [0.29, 0.717) is 5.56 Å². The van der Waals surface area contributed by atoms with E-state index in [1.165, 1.54) is 12.3 Å². The highest BCUT2D eigenvalue weighted by molar-refractivity contribution is 8.15. The number of aliphatic carboxylic acids is 1. The van der Waals surface area contributed by atoms with Crippen molar-refractivity contribution < 1.29 is 19.8 Å². The average Bonchev–Trinajstić information content (AvgIpc) is 2.73. The molecule has 0 spiro atoms. The fourth-order valence-electron chi connectivity index (χ4n) is 1.50. The van der Waals surface area contributed by atoms with Gasteiger partial charge in [0.25, 0.3) is 0 Å². The molecule has 0 unspecified atom stereocenters. The van der Waals surface area contributed by atoms with Gasteiger partial charge in [-0.3, -0.25) is 14.5 Å². The van der Waals surface area contributed by atoms with Crippen LogP contribution in [0.25, 0.3) is 0 Å². The second kappa shape index (κ2) is 6.20. The number of carboxylic acid groups (broad SMARTS) is 1. The minimum atomic E-state index is -1.11. The normalized spacial score (nSPS) is 17.3. The standard InChI is InChI=1S/C12H11N3O4S/c16-9-4-2-1-3-8(9)5-13-14-12-15(6-11(18)19)10(17)7-20-12/h1-5,16H,6-7H2,(H,18,19). The van der Waals surface area contributed by atoms with Crippen molar-refractivity contribution in [1.82, 2.24) is 4.90 Å². The molecule has 2 N–H and O–H groups in total. The number of phenolic OH excluding ortho intramolecular Hbond substituents is 1. The highest BCUT2D eigenvalue weighted by atomic mass is 32.2. The molecule has 0 bridgehead atoms. The summed E-state index contributed by atoms with van der Waals surface area (Å²) in [5.41, 5.74) is 0.482. The van der Waals surface area contributed by atoms with Gasteiger partial charge < -0.3 is 10.2 Å². The third kappa shape index (κ3) is 3.35. The lowest BCUT2D eigenvalue weighted by Crippen LogP contribution is -2.34. The van der Waals surface area contributed by atoms with Crippen molar-refractivity contribution in [1.29, 1.82) is 0 Å². The number of nitrogens with zero attached hydrogens (tertiary/aromatic N) is 3. The quantitative estimate of drug-likeness (QED) is 0.629. The van der Waals surface area contributed by atoms with Crippen molar-refractivity contribution >= 4 is 35.0 Å². The molecule has 1 heterocycles. The topological polar surface area (TPSA) is 103 Å². The number of hydrogen-bond donors (Lipinski definition) is 2. The van der Waals surface area contributed by atoms with Gasteiger partial charge >= 0.3 is 5.97 Å². The Kier molecular flexibility index (Phi) is 4.36. The number of phenols is 1. The molecule has 20 heavy (non-hydrogen) atoms. The molecule has 0 aliphatic carbocycles. The molecule has 1 amide bonds. The largest absolute Gasteiger partial charge is 0.507 e. The summed E-state index contributed by atoms with van der Waals surface area (Å²) in [6.07, 6.45) is 1.34. The van der Waals surface area contributed by atoms with Gasteiger partial charge in [0.05, 0.1) is 12.0 Å². The molecule has 1 aliphatic heterocycles. The van der Waals surface area contributed by atoms with Gasteiger partial charge in [-0.2, -0.15) is 5.10 Å². The van der Waals surface area contributed by atoms with Crippen molar-refractivity contribution in [3.8, 4) is 5.75 Å². The zero-order valence-electron chi connectivity index (χ0n) is 10.3. The first kappa shape index (κ1) is 14.1. The van der Waals surface area contributed by atoms with Gasteiger partial charge in [0.1, 0.15) is 12.3 Å². The summed E-state index contributed by atoms with van der Waals surface area (Å²) in [5.74, 6) is -1.21. The maximum absolute atomic E-state index is 11.5. The molecule has 1 aliphatic rings. The number of para-hydroxylation sites is 1. The maximum atomic E-state index is 11.5. The van der Waals surface area contributed by atoms with Crippen LogP contribution in [-0.2, 0) is 9.59 Å². The van der Waals surface area contributed by atoms with Crippen LogP contribution in [0.2, 0.25) is 0 Å². The number of thioether (sulfide) groups is 1. The zero-order chi connectivity index (χ0) is 14.5. The van der Waals surface area contributed by atoms with Gasteiger partial charge in [-0.1, -0.05) is 23.9 Å². The molecule has 104 valence electrons. The Bertz CT molecular complexity index is 600. The first-order chi connectivity index (χ1) is 9.58. The molecule has 8 heteroatoms. The Morgan fingerprint density at radius 3 is 2.90 bits per heavy atom. The highest BCUT2D eigenvalue weighted by Crippen LogP contribution is 2.19. The summed E-state index contributed by atoms with van der Waals surface area (Å²) >= 11 is 1.13. The Balaban J connectivity index is 2.12. The monoisotopic (exact) mass is 293 g/mol. The van der Waals surface area contributed by atoms with Gasteiger partial charge in [0, 0.05) is 5.56 Å². The van der Waals surface area contributed by atoms with Crippen molar-refractivity contribution in [2.24, 2.45) is 10.2 Å². The first-order valence-corrected chi connectivity index (χ1v) is 6.60. The zero-order valence-corrected chi connectivity index (χ0v) is 11.1. The lowest BCUT2D eigenvalue weighted by molar-refractivity contribution is -0.140. The van der Waals surface area contributed by atoms with Crippen molar-refractivity contribution in [3.63, 3.8) is 0 Å². The summed E-state index contributed by atoms with van der Waals surface area (Å²) in [7, 11) is 0. The molecule has 1 saturated heterocycles. The third-order valence-electron chi connectivity index (χ3n) is 2.43. The third-order valence-corrected chi connectivity index (χ3v) is 3.38. The maximum Gasteiger partial charge on any atom is 0.323 e. The van der Waals surface area contributed by atoms with E-state index in [1.807, 2.05) is 0 Å². The molecular formula is C12H11N3O4S. The number of carbonyl (C=O) groups is 2. The Hall–Kier alpha value is -2.35. The van der Waals surface area contributed by atoms with Crippen molar-refractivity contribution in [2.75, 3.05) is 12.3 Å². The van der Waals surface area contributed by atoms with Crippen LogP contribution in [0.3, 0.4) is 0 Å². The van der Waals surface area contributed by atoms with Gasteiger partial charge in [-0.05, 0) is 12.1 Å². The number of aromatic hydroxyl groups is 1. The van der Waals surface area contributed by atoms with E-state index in [9.17, 15) is 14.7 Å². The highest BCUT2D eigenvalue weighted by Gasteiger charge is 2.29. The van der Waals surface area contributed by atoms with E-state index in [4.69, 9.17) is 5.11 Å². The Morgan fingerprint density at radius 2 is 2.20 bits per heavy atom. The predicted molar refractivity (Wildman–Crippen MR) is 74.9 cm³/mol.